The van der Waals surface area contributed by atoms with Crippen LogP contribution in [0, 0.1) is 23.2 Å². The normalized spacial score (nSPS) is 49.5. The lowest BCUT2D eigenvalue weighted by Crippen LogP contribution is -2.52. The third kappa shape index (κ3) is 3.08. The largest absolute Gasteiger partial charge is 0.358 e. The van der Waals surface area contributed by atoms with E-state index in [0.717, 1.165) is 38.5 Å². The van der Waals surface area contributed by atoms with E-state index in [1.807, 2.05) is 0 Å². The summed E-state index contributed by atoms with van der Waals surface area (Å²) in [7, 11) is 0. The van der Waals surface area contributed by atoms with E-state index in [0.29, 0.717) is 24.9 Å². The van der Waals surface area contributed by atoms with Crippen molar-refractivity contribution in [1.82, 2.24) is 0 Å². The molecule has 2 aliphatic carbocycles. The molecule has 4 rings (SSSR count). The zero-order chi connectivity index (χ0) is 18.5. The fraction of sp³-hybridized carbons (Fsp3) is 0.864. The van der Waals surface area contributed by atoms with Gasteiger partial charge in [-0.2, -0.15) is 0 Å². The average molecular weight is 363 g/mol. The predicted molar refractivity (Wildman–Crippen MR) is 99.7 cm³/mol. The van der Waals surface area contributed by atoms with Gasteiger partial charge in [0.2, 0.25) is 0 Å². The van der Waals surface area contributed by atoms with E-state index in [9.17, 15) is 4.79 Å². The summed E-state index contributed by atoms with van der Waals surface area (Å²) in [6.45, 7) is 10.4. The molecule has 0 unspecified atom stereocenters. The number of allylic oxidation sites excluding steroid dienone is 2. The summed E-state index contributed by atoms with van der Waals surface area (Å²) >= 11 is 0. The quantitative estimate of drug-likeness (QED) is 0.516. The lowest BCUT2D eigenvalue weighted by atomic mass is 9.54. The Labute approximate surface area is 157 Å². The molecule has 0 amide bonds. The van der Waals surface area contributed by atoms with Crippen molar-refractivity contribution < 1.29 is 19.0 Å². The van der Waals surface area contributed by atoms with Crippen molar-refractivity contribution >= 4 is 5.78 Å². The molecule has 26 heavy (non-hydrogen) atoms. The highest BCUT2D eigenvalue weighted by Crippen LogP contribution is 2.56. The summed E-state index contributed by atoms with van der Waals surface area (Å²) in [6, 6.07) is 0. The molecule has 4 aliphatic rings. The highest BCUT2D eigenvalue weighted by Gasteiger charge is 2.61. The second kappa shape index (κ2) is 6.72. The maximum atomic E-state index is 13.4. The molecule has 3 fully saturated rings. The highest BCUT2D eigenvalue weighted by molar-refractivity contribution is 5.89. The van der Waals surface area contributed by atoms with Crippen LogP contribution in [0.1, 0.15) is 66.2 Å². The predicted octanol–water partition coefficient (Wildman–Crippen LogP) is 4.27. The number of fused-ring (bicyclic) bond motifs is 3. The van der Waals surface area contributed by atoms with Crippen molar-refractivity contribution in [3.05, 3.63) is 11.6 Å². The SMILES string of the molecule is C/C1=C\CC[C@@]2(C)O[C@@H]2C(=O)[C@@H]2CC[C@@H](C)[C@](C)(CC1)[C@H]2C1OCCO1. The number of ketones is 1. The minimum Gasteiger partial charge on any atom is -0.358 e. The first-order valence-electron chi connectivity index (χ1n) is 10.5. The van der Waals surface area contributed by atoms with Crippen LogP contribution >= 0.6 is 0 Å². The number of epoxide rings is 1. The van der Waals surface area contributed by atoms with Gasteiger partial charge in [0, 0.05) is 11.8 Å². The van der Waals surface area contributed by atoms with Crippen LogP contribution in [0.2, 0.25) is 0 Å². The number of carbonyl (C=O) groups excluding carboxylic acids is 1. The molecule has 0 N–H and O–H groups in total. The van der Waals surface area contributed by atoms with E-state index in [1.165, 1.54) is 5.57 Å². The van der Waals surface area contributed by atoms with Crippen molar-refractivity contribution in [1.29, 1.82) is 0 Å². The van der Waals surface area contributed by atoms with E-state index < -0.39 is 0 Å². The van der Waals surface area contributed by atoms with Crippen LogP contribution in [0.3, 0.4) is 0 Å². The molecule has 146 valence electrons. The summed E-state index contributed by atoms with van der Waals surface area (Å²) in [5.74, 6) is 0.986. The topological polar surface area (TPSA) is 48.1 Å². The van der Waals surface area contributed by atoms with Crippen LogP contribution < -0.4 is 0 Å². The van der Waals surface area contributed by atoms with Crippen molar-refractivity contribution in [3.8, 4) is 0 Å². The Balaban J connectivity index is 1.72. The first-order chi connectivity index (χ1) is 12.3. The Kier molecular flexibility index (Phi) is 4.82. The Morgan fingerprint density at radius 3 is 2.58 bits per heavy atom. The number of Topliss-reactive ketones (excluding diaryl/α,β-unsaturated/α-hetero) is 1. The fourth-order valence-corrected chi connectivity index (χ4v) is 5.70. The molecule has 2 saturated heterocycles. The first-order valence-corrected chi connectivity index (χ1v) is 10.5. The summed E-state index contributed by atoms with van der Waals surface area (Å²) in [4.78, 5) is 13.4. The van der Waals surface area contributed by atoms with E-state index in [-0.39, 0.29) is 35.2 Å². The second-order valence-corrected chi connectivity index (χ2v) is 9.53. The van der Waals surface area contributed by atoms with Crippen molar-refractivity contribution in [3.63, 3.8) is 0 Å². The average Bonchev–Trinajstić information content (AvgIpc) is 3.02. The van der Waals surface area contributed by atoms with Crippen LogP contribution in [0.4, 0.5) is 0 Å². The van der Waals surface area contributed by atoms with Gasteiger partial charge in [0.05, 0.1) is 13.2 Å². The monoisotopic (exact) mass is 362 g/mol. The van der Waals surface area contributed by atoms with Gasteiger partial charge >= 0.3 is 0 Å². The second-order valence-electron chi connectivity index (χ2n) is 9.53. The standard InChI is InChI=1S/C22H34O4/c1-14-6-5-10-22(4)19(26-22)18(23)16-8-7-15(2)21(3,11-9-14)17(16)20-24-12-13-25-20/h6,15-17,19-20H,5,7-13H2,1-4H3/b14-6+/t15-,16-,17-,19-,21+,22-/m1/s1. The van der Waals surface area contributed by atoms with Crippen LogP contribution in [0.15, 0.2) is 11.6 Å². The van der Waals surface area contributed by atoms with Crippen molar-refractivity contribution in [2.75, 3.05) is 13.2 Å². The highest BCUT2D eigenvalue weighted by atomic mass is 16.7. The Morgan fingerprint density at radius 2 is 1.85 bits per heavy atom. The van der Waals surface area contributed by atoms with Gasteiger partial charge in [-0.1, -0.05) is 25.5 Å². The smallest absolute Gasteiger partial charge is 0.168 e. The lowest BCUT2D eigenvalue weighted by Gasteiger charge is -2.51. The molecule has 0 aromatic heterocycles. The minimum atomic E-state index is -0.269. The molecular formula is C22H34O4. The molecule has 0 aromatic rings. The molecule has 0 spiro atoms. The zero-order valence-corrected chi connectivity index (χ0v) is 16.8. The van der Waals surface area contributed by atoms with Gasteiger partial charge in [0.15, 0.2) is 12.1 Å². The molecule has 1 saturated carbocycles. The molecule has 0 aromatic carbocycles. The maximum Gasteiger partial charge on any atom is 0.168 e. The third-order valence-electron chi connectivity index (χ3n) is 7.87. The number of carbonyl (C=O) groups is 1. The Morgan fingerprint density at radius 1 is 1.12 bits per heavy atom. The van der Waals surface area contributed by atoms with Gasteiger partial charge in [-0.05, 0) is 63.7 Å². The van der Waals surface area contributed by atoms with Crippen LogP contribution in [0.25, 0.3) is 0 Å². The number of ether oxygens (including phenoxy) is 3. The van der Waals surface area contributed by atoms with Gasteiger partial charge in [-0.3, -0.25) is 4.79 Å². The van der Waals surface area contributed by atoms with Gasteiger partial charge in [-0.15, -0.1) is 0 Å². The summed E-state index contributed by atoms with van der Waals surface area (Å²) in [5, 5.41) is 0. The summed E-state index contributed by atoms with van der Waals surface area (Å²) < 4.78 is 17.9. The van der Waals surface area contributed by atoms with Crippen molar-refractivity contribution in [2.45, 2.75) is 84.2 Å². The zero-order valence-electron chi connectivity index (χ0n) is 16.8. The Bertz CT molecular complexity index is 593. The minimum absolute atomic E-state index is 0.00478. The van der Waals surface area contributed by atoms with Crippen molar-refractivity contribution in [2.24, 2.45) is 23.2 Å². The van der Waals surface area contributed by atoms with E-state index in [1.54, 1.807) is 0 Å². The molecule has 2 heterocycles. The molecule has 0 radical (unpaired) electrons. The van der Waals surface area contributed by atoms with Gasteiger partial charge in [-0.25, -0.2) is 0 Å². The van der Waals surface area contributed by atoms with Crippen LogP contribution in [-0.2, 0) is 19.0 Å². The molecule has 6 atom stereocenters. The van der Waals surface area contributed by atoms with E-state index >= 15 is 0 Å². The third-order valence-corrected chi connectivity index (χ3v) is 7.87. The van der Waals surface area contributed by atoms with E-state index in [2.05, 4.69) is 33.8 Å². The van der Waals surface area contributed by atoms with Crippen LogP contribution in [-0.4, -0.2) is 37.0 Å². The number of rotatable bonds is 1. The Hall–Kier alpha value is -0.710. The fourth-order valence-electron chi connectivity index (χ4n) is 5.70. The molecule has 4 heteroatoms. The molecule has 2 bridgehead atoms. The first kappa shape index (κ1) is 18.6. The summed E-state index contributed by atoms with van der Waals surface area (Å²) in [6.07, 6.45) is 8.03. The maximum absolute atomic E-state index is 13.4. The lowest BCUT2D eigenvalue weighted by molar-refractivity contribution is -0.175. The molecule has 2 aliphatic heterocycles. The number of hydrogen-bond donors (Lipinski definition) is 0. The molecule has 4 nitrogen and oxygen atoms in total. The van der Waals surface area contributed by atoms with Gasteiger partial charge < -0.3 is 14.2 Å². The summed E-state index contributed by atoms with van der Waals surface area (Å²) in [5.41, 5.74) is 1.24. The molecular weight excluding hydrogens is 328 g/mol. The van der Waals surface area contributed by atoms with Crippen LogP contribution in [0.5, 0.6) is 0 Å². The van der Waals surface area contributed by atoms with E-state index in [4.69, 9.17) is 14.2 Å². The van der Waals surface area contributed by atoms with Gasteiger partial charge in [0.25, 0.3) is 0 Å². The van der Waals surface area contributed by atoms with Gasteiger partial charge in [0.1, 0.15) is 11.7 Å². The number of hydrogen-bond acceptors (Lipinski definition) is 4.